The molecular formula is C37H54O3. The van der Waals surface area contributed by atoms with Crippen molar-refractivity contribution in [2.24, 2.45) is 56.7 Å². The molecule has 0 aromatic carbocycles. The largest absolute Gasteiger partial charge is 0.460 e. The number of hydrogen-bond donors (Lipinski definition) is 1. The molecule has 0 aliphatic heterocycles. The van der Waals surface area contributed by atoms with Crippen LogP contribution in [0.5, 0.6) is 0 Å². The van der Waals surface area contributed by atoms with E-state index in [1.807, 2.05) is 0 Å². The van der Waals surface area contributed by atoms with Crippen molar-refractivity contribution in [3.05, 3.63) is 48.1 Å². The molecule has 4 saturated carbocycles. The lowest BCUT2D eigenvalue weighted by atomic mass is 9.34. The Bertz CT molecular complexity index is 1160. The minimum atomic E-state index is -0.377. The number of fused-ring (bicyclic) bond motifs is 7. The molecular weight excluding hydrogens is 492 g/mol. The van der Waals surface area contributed by atoms with Crippen LogP contribution in [-0.2, 0) is 9.53 Å². The van der Waals surface area contributed by atoms with Gasteiger partial charge in [-0.25, -0.2) is 0 Å². The second-order valence-electron chi connectivity index (χ2n) is 16.2. The monoisotopic (exact) mass is 546 g/mol. The smallest absolute Gasteiger partial charge is 0.312 e. The fraction of sp³-hybridized carbons (Fsp3) is 0.757. The third kappa shape index (κ3) is 3.74. The van der Waals surface area contributed by atoms with Gasteiger partial charge in [-0.2, -0.15) is 0 Å². The highest BCUT2D eigenvalue weighted by atomic mass is 16.5. The molecule has 3 nitrogen and oxygen atoms in total. The summed E-state index contributed by atoms with van der Waals surface area (Å²) in [5, 5.41) is 11.0. The van der Waals surface area contributed by atoms with E-state index in [9.17, 15) is 9.90 Å². The van der Waals surface area contributed by atoms with Gasteiger partial charge in [-0.15, -0.1) is 0 Å². The number of ether oxygens (including phenoxy) is 1. The average molecular weight is 547 g/mol. The van der Waals surface area contributed by atoms with Crippen LogP contribution in [0.15, 0.2) is 48.1 Å². The molecule has 220 valence electrons. The molecule has 0 radical (unpaired) electrons. The first-order valence-electron chi connectivity index (χ1n) is 16.4. The summed E-state index contributed by atoms with van der Waals surface area (Å²) in [7, 11) is 0. The van der Waals surface area contributed by atoms with Crippen LogP contribution >= 0.6 is 0 Å². The minimum Gasteiger partial charge on any atom is -0.460 e. The van der Waals surface area contributed by atoms with Crippen molar-refractivity contribution in [3.8, 4) is 0 Å². The highest BCUT2D eigenvalue weighted by Crippen LogP contribution is 2.76. The van der Waals surface area contributed by atoms with Gasteiger partial charge in [-0.3, -0.25) is 4.79 Å². The van der Waals surface area contributed by atoms with E-state index in [0.29, 0.717) is 36.2 Å². The van der Waals surface area contributed by atoms with Gasteiger partial charge < -0.3 is 9.84 Å². The van der Waals surface area contributed by atoms with Gasteiger partial charge in [0.15, 0.2) is 0 Å². The van der Waals surface area contributed by atoms with Crippen molar-refractivity contribution in [2.45, 2.75) is 112 Å². The summed E-state index contributed by atoms with van der Waals surface area (Å²) in [5.74, 6) is 2.25. The van der Waals surface area contributed by atoms with Crippen LogP contribution < -0.4 is 0 Å². The Hall–Kier alpha value is -1.61. The van der Waals surface area contributed by atoms with Crippen molar-refractivity contribution in [2.75, 3.05) is 6.61 Å². The lowest BCUT2D eigenvalue weighted by molar-refractivity contribution is -0.209. The van der Waals surface area contributed by atoms with Crippen molar-refractivity contribution in [1.29, 1.82) is 0 Å². The Morgan fingerprint density at radius 1 is 1.02 bits per heavy atom. The summed E-state index contributed by atoms with van der Waals surface area (Å²) in [6, 6.07) is 0. The lowest BCUT2D eigenvalue weighted by Crippen LogP contribution is -2.65. The van der Waals surface area contributed by atoms with E-state index >= 15 is 0 Å². The van der Waals surface area contributed by atoms with Crippen LogP contribution in [0, 0.1) is 56.7 Å². The van der Waals surface area contributed by atoms with Crippen LogP contribution in [0.2, 0.25) is 0 Å². The Balaban J connectivity index is 1.35. The molecule has 3 heteroatoms. The molecule has 0 unspecified atom stereocenters. The number of aliphatic hydroxyl groups excluding tert-OH is 1. The van der Waals surface area contributed by atoms with Crippen LogP contribution in [0.3, 0.4) is 0 Å². The number of carbonyl (C=O) groups is 1. The van der Waals surface area contributed by atoms with Gasteiger partial charge in [-0.1, -0.05) is 77.2 Å². The summed E-state index contributed by atoms with van der Waals surface area (Å²) >= 11 is 0. The molecule has 0 heterocycles. The van der Waals surface area contributed by atoms with Crippen LogP contribution in [-0.4, -0.2) is 23.8 Å². The third-order valence-electron chi connectivity index (χ3n) is 14.3. The van der Waals surface area contributed by atoms with Crippen molar-refractivity contribution < 1.29 is 14.6 Å². The van der Waals surface area contributed by atoms with Gasteiger partial charge in [-0.05, 0) is 128 Å². The van der Waals surface area contributed by atoms with E-state index in [-0.39, 0.29) is 39.1 Å². The summed E-state index contributed by atoms with van der Waals surface area (Å²) in [4.78, 5) is 14.2. The number of allylic oxidation sites excluding steroid dienone is 5. The molecule has 4 fully saturated rings. The van der Waals surface area contributed by atoms with Crippen molar-refractivity contribution in [1.82, 2.24) is 0 Å². The third-order valence-corrected chi connectivity index (χ3v) is 14.3. The molecule has 0 saturated heterocycles. The van der Waals surface area contributed by atoms with E-state index in [2.05, 4.69) is 78.5 Å². The minimum absolute atomic E-state index is 0.0599. The number of rotatable bonds is 4. The fourth-order valence-electron chi connectivity index (χ4n) is 11.8. The number of aliphatic hydroxyl groups is 1. The second kappa shape index (κ2) is 9.45. The maximum atomic E-state index is 14.2. The molecule has 0 bridgehead atoms. The molecule has 40 heavy (non-hydrogen) atoms. The zero-order valence-corrected chi connectivity index (χ0v) is 26.1. The molecule has 6 aliphatic rings. The van der Waals surface area contributed by atoms with Crippen LogP contribution in [0.1, 0.15) is 106 Å². The maximum Gasteiger partial charge on any atom is 0.312 e. The van der Waals surface area contributed by atoms with E-state index in [1.54, 1.807) is 0 Å². The standard InChI is InChI=1S/C37H54O3/c1-24(2)26-15-20-37(32(39)40-23-25-11-9-8-10-12-25)22-21-35(6)27(31(26)37)13-14-29-34(5)18-17-30(38)33(3,4)28(34)16-19-36(29,35)7/h9,11-12,16,19,26-31,38H,1,8,10,13-15,17-18,20-23H2,2-7H3/t26-,27+,28-,29+,30-,31+,34-,35+,36+,37-/m0/s1. The number of hydrogen-bond acceptors (Lipinski definition) is 3. The molecule has 0 amide bonds. The first kappa shape index (κ1) is 28.5. The van der Waals surface area contributed by atoms with Gasteiger partial charge in [0, 0.05) is 0 Å². The van der Waals surface area contributed by atoms with Gasteiger partial charge in [0.25, 0.3) is 0 Å². The normalized spacial score (nSPS) is 48.7. The molecule has 6 aliphatic carbocycles. The predicted octanol–water partition coefficient (Wildman–Crippen LogP) is 8.60. The molecule has 0 aromatic heterocycles. The Morgan fingerprint density at radius 3 is 2.50 bits per heavy atom. The molecule has 0 aromatic rings. The zero-order chi connectivity index (χ0) is 28.7. The maximum absolute atomic E-state index is 14.2. The van der Waals surface area contributed by atoms with Gasteiger partial charge in [0.1, 0.15) is 6.61 Å². The molecule has 0 spiro atoms. The van der Waals surface area contributed by atoms with Gasteiger partial charge in [0.05, 0.1) is 11.5 Å². The summed E-state index contributed by atoms with van der Waals surface area (Å²) < 4.78 is 6.19. The Morgan fingerprint density at radius 2 is 1.80 bits per heavy atom. The quantitative estimate of drug-likeness (QED) is 0.284. The predicted molar refractivity (Wildman–Crippen MR) is 162 cm³/mol. The van der Waals surface area contributed by atoms with Crippen LogP contribution in [0.25, 0.3) is 0 Å². The SMILES string of the molecule is C=C(C)[C@@H]1CC[C@]2(C(=O)OCC3=CCCC=C3)CC[C@]3(C)[C@H](CC[C@@H]4[C@@]5(C)CC[C@H](O)C(C)(C)[C@@H]5C=C[C@]43C)[C@@H]12. The van der Waals surface area contributed by atoms with Gasteiger partial charge in [0.2, 0.25) is 0 Å². The fourth-order valence-corrected chi connectivity index (χ4v) is 11.8. The summed E-state index contributed by atoms with van der Waals surface area (Å²) in [5.41, 5.74) is 2.32. The number of carbonyl (C=O) groups excluding carboxylic acids is 1. The average Bonchev–Trinajstić information content (AvgIpc) is 3.32. The van der Waals surface area contributed by atoms with Crippen molar-refractivity contribution >= 4 is 5.97 Å². The molecule has 1 N–H and O–H groups in total. The molecule has 6 rings (SSSR count). The summed E-state index contributed by atoms with van der Waals surface area (Å²) in [6.07, 6.45) is 22.0. The first-order valence-corrected chi connectivity index (χ1v) is 16.4. The zero-order valence-electron chi connectivity index (χ0n) is 26.1. The first-order chi connectivity index (χ1) is 18.8. The highest BCUT2D eigenvalue weighted by Gasteiger charge is 2.71. The summed E-state index contributed by atoms with van der Waals surface area (Å²) in [6.45, 7) is 19.4. The Kier molecular flexibility index (Phi) is 6.73. The number of esters is 1. The second-order valence-corrected chi connectivity index (χ2v) is 16.2. The van der Waals surface area contributed by atoms with E-state index in [0.717, 1.165) is 56.9 Å². The topological polar surface area (TPSA) is 46.5 Å². The molecule has 10 atom stereocenters. The lowest BCUT2D eigenvalue weighted by Gasteiger charge is -2.70. The van der Waals surface area contributed by atoms with E-state index in [4.69, 9.17) is 4.74 Å². The van der Waals surface area contributed by atoms with Crippen molar-refractivity contribution in [3.63, 3.8) is 0 Å². The van der Waals surface area contributed by atoms with E-state index in [1.165, 1.54) is 18.4 Å². The van der Waals surface area contributed by atoms with Gasteiger partial charge >= 0.3 is 5.97 Å². The highest BCUT2D eigenvalue weighted by molar-refractivity contribution is 5.78. The van der Waals surface area contributed by atoms with E-state index < -0.39 is 0 Å². The van der Waals surface area contributed by atoms with Crippen LogP contribution in [0.4, 0.5) is 0 Å². The Labute approximate surface area is 243 Å².